The highest BCUT2D eigenvalue weighted by Gasteiger charge is 2.31. The fourth-order valence-corrected chi connectivity index (χ4v) is 3.59. The molecule has 2 N–H and O–H groups in total. The van der Waals surface area contributed by atoms with Gasteiger partial charge in [0.25, 0.3) is 0 Å². The molecule has 20 heavy (non-hydrogen) atoms. The molecule has 0 aromatic heterocycles. The van der Waals surface area contributed by atoms with Crippen LogP contribution in [-0.4, -0.2) is 17.6 Å². The lowest BCUT2D eigenvalue weighted by molar-refractivity contribution is 0.0697. The predicted molar refractivity (Wildman–Crippen MR) is 84.0 cm³/mol. The lowest BCUT2D eigenvalue weighted by Gasteiger charge is -2.28. The van der Waals surface area contributed by atoms with Crippen LogP contribution in [0.1, 0.15) is 54.9 Å². The summed E-state index contributed by atoms with van der Waals surface area (Å²) in [6.45, 7) is 4.11. The average molecular weight is 340 g/mol. The van der Waals surface area contributed by atoms with Crippen molar-refractivity contribution in [3.05, 3.63) is 33.8 Å². The van der Waals surface area contributed by atoms with Crippen molar-refractivity contribution in [1.82, 2.24) is 5.32 Å². The van der Waals surface area contributed by atoms with Crippen LogP contribution in [-0.2, 0) is 6.54 Å². The minimum Gasteiger partial charge on any atom is -0.478 e. The van der Waals surface area contributed by atoms with Crippen LogP contribution >= 0.6 is 15.9 Å². The first-order chi connectivity index (χ1) is 9.56. The molecule has 0 bridgehead atoms. The van der Waals surface area contributed by atoms with Gasteiger partial charge in [-0.05, 0) is 42.4 Å². The topological polar surface area (TPSA) is 49.3 Å². The van der Waals surface area contributed by atoms with Crippen LogP contribution < -0.4 is 5.32 Å². The molecule has 0 heterocycles. The maximum Gasteiger partial charge on any atom is 0.335 e. The van der Waals surface area contributed by atoms with Crippen LogP contribution in [0.15, 0.2) is 22.7 Å². The number of nitrogens with one attached hydrogen (secondary N) is 1. The van der Waals surface area contributed by atoms with Crippen molar-refractivity contribution in [2.24, 2.45) is 5.41 Å². The monoisotopic (exact) mass is 339 g/mol. The van der Waals surface area contributed by atoms with Gasteiger partial charge in [0, 0.05) is 17.6 Å². The van der Waals surface area contributed by atoms with Crippen molar-refractivity contribution in [2.45, 2.75) is 45.6 Å². The number of hydrogen-bond acceptors (Lipinski definition) is 2. The van der Waals surface area contributed by atoms with Gasteiger partial charge in [-0.1, -0.05) is 41.8 Å². The molecule has 1 aromatic carbocycles. The van der Waals surface area contributed by atoms with E-state index in [9.17, 15) is 4.79 Å². The Bertz CT molecular complexity index is 481. The summed E-state index contributed by atoms with van der Waals surface area (Å²) in [5, 5.41) is 12.5. The fraction of sp³-hybridized carbons (Fsp3) is 0.562. The predicted octanol–water partition coefficient (Wildman–Crippen LogP) is 4.21. The quantitative estimate of drug-likeness (QED) is 0.816. The molecule has 2 rings (SSSR count). The Balaban J connectivity index is 1.92. The molecule has 110 valence electrons. The highest BCUT2D eigenvalue weighted by Crippen LogP contribution is 2.40. The summed E-state index contributed by atoms with van der Waals surface area (Å²) in [5.74, 6) is -0.888. The van der Waals surface area contributed by atoms with Crippen molar-refractivity contribution >= 4 is 21.9 Å². The Kier molecular flexibility index (Phi) is 5.22. The van der Waals surface area contributed by atoms with Gasteiger partial charge in [-0.15, -0.1) is 0 Å². The molecule has 0 spiro atoms. The Labute approximate surface area is 128 Å². The van der Waals surface area contributed by atoms with Gasteiger partial charge in [0.1, 0.15) is 0 Å². The maximum atomic E-state index is 10.9. The van der Waals surface area contributed by atoms with Crippen molar-refractivity contribution < 1.29 is 9.90 Å². The van der Waals surface area contributed by atoms with E-state index < -0.39 is 5.97 Å². The zero-order chi connectivity index (χ0) is 14.6. The Morgan fingerprint density at radius 3 is 2.65 bits per heavy atom. The van der Waals surface area contributed by atoms with Gasteiger partial charge < -0.3 is 10.4 Å². The number of rotatable bonds is 6. The van der Waals surface area contributed by atoms with Gasteiger partial charge in [-0.25, -0.2) is 4.79 Å². The summed E-state index contributed by atoms with van der Waals surface area (Å²) in [6, 6.07) is 5.22. The second-order valence-corrected chi connectivity index (χ2v) is 6.63. The van der Waals surface area contributed by atoms with E-state index in [0.29, 0.717) is 11.0 Å². The lowest BCUT2D eigenvalue weighted by Crippen LogP contribution is -2.31. The fourth-order valence-electron chi connectivity index (χ4n) is 3.07. The van der Waals surface area contributed by atoms with E-state index in [0.717, 1.165) is 23.1 Å². The van der Waals surface area contributed by atoms with Gasteiger partial charge in [-0.2, -0.15) is 0 Å². The first kappa shape index (κ1) is 15.5. The minimum absolute atomic E-state index is 0.321. The Hall–Kier alpha value is -0.870. The molecule has 0 radical (unpaired) electrons. The van der Waals surface area contributed by atoms with E-state index in [2.05, 4.69) is 28.2 Å². The highest BCUT2D eigenvalue weighted by molar-refractivity contribution is 9.10. The third-order valence-electron chi connectivity index (χ3n) is 4.53. The molecule has 0 saturated heterocycles. The van der Waals surface area contributed by atoms with Crippen LogP contribution in [0.25, 0.3) is 0 Å². The molecule has 1 aliphatic rings. The Morgan fingerprint density at radius 2 is 2.10 bits per heavy atom. The van der Waals surface area contributed by atoms with E-state index in [1.54, 1.807) is 12.1 Å². The van der Waals surface area contributed by atoms with Gasteiger partial charge in [0.2, 0.25) is 0 Å². The summed E-state index contributed by atoms with van der Waals surface area (Å²) < 4.78 is 0.863. The van der Waals surface area contributed by atoms with Crippen LogP contribution in [0.5, 0.6) is 0 Å². The van der Waals surface area contributed by atoms with Crippen LogP contribution in [0, 0.1) is 5.41 Å². The molecular weight excluding hydrogens is 318 g/mol. The van der Waals surface area contributed by atoms with E-state index in [-0.39, 0.29) is 0 Å². The third-order valence-corrected chi connectivity index (χ3v) is 5.27. The van der Waals surface area contributed by atoms with Gasteiger partial charge in [-0.3, -0.25) is 0 Å². The number of carboxylic acids is 1. The Morgan fingerprint density at radius 1 is 1.40 bits per heavy atom. The van der Waals surface area contributed by atoms with E-state index in [1.807, 2.05) is 6.07 Å². The lowest BCUT2D eigenvalue weighted by atomic mass is 9.83. The zero-order valence-corrected chi connectivity index (χ0v) is 13.5. The van der Waals surface area contributed by atoms with Crippen molar-refractivity contribution in [2.75, 3.05) is 6.54 Å². The number of aromatic carboxylic acids is 1. The first-order valence-electron chi connectivity index (χ1n) is 7.29. The second-order valence-electron chi connectivity index (χ2n) is 5.78. The molecule has 1 aliphatic carbocycles. The summed E-state index contributed by atoms with van der Waals surface area (Å²) in [4.78, 5) is 10.9. The standard InChI is InChI=1S/C16H22BrNO2/c1-2-16(7-3-4-8-16)11-18-10-13-6-5-12(15(19)20)9-14(13)17/h5-6,9,18H,2-4,7-8,10-11H2,1H3,(H,19,20). The maximum absolute atomic E-state index is 10.9. The van der Waals surface area contributed by atoms with Crippen LogP contribution in [0.4, 0.5) is 0 Å². The van der Waals surface area contributed by atoms with Crippen molar-refractivity contribution in [1.29, 1.82) is 0 Å². The van der Waals surface area contributed by atoms with Gasteiger partial charge in [0.05, 0.1) is 5.56 Å². The number of benzene rings is 1. The largest absolute Gasteiger partial charge is 0.478 e. The molecule has 0 unspecified atom stereocenters. The second kappa shape index (κ2) is 6.72. The average Bonchev–Trinajstić information content (AvgIpc) is 2.90. The van der Waals surface area contributed by atoms with Crippen LogP contribution in [0.2, 0.25) is 0 Å². The smallest absolute Gasteiger partial charge is 0.335 e. The highest BCUT2D eigenvalue weighted by atomic mass is 79.9. The number of carbonyl (C=O) groups is 1. The number of hydrogen-bond donors (Lipinski definition) is 2. The SMILES string of the molecule is CCC1(CNCc2ccc(C(=O)O)cc2Br)CCCC1. The summed E-state index contributed by atoms with van der Waals surface area (Å²) in [5.41, 5.74) is 1.91. The molecule has 1 aromatic rings. The molecule has 3 nitrogen and oxygen atoms in total. The summed E-state index contributed by atoms with van der Waals surface area (Å²) in [6.07, 6.45) is 6.60. The molecular formula is C16H22BrNO2. The molecule has 0 aliphatic heterocycles. The summed E-state index contributed by atoms with van der Waals surface area (Å²) >= 11 is 3.46. The number of halogens is 1. The third kappa shape index (κ3) is 3.61. The molecule has 0 amide bonds. The van der Waals surface area contributed by atoms with E-state index in [1.165, 1.54) is 32.1 Å². The van der Waals surface area contributed by atoms with Crippen molar-refractivity contribution in [3.63, 3.8) is 0 Å². The normalized spacial score (nSPS) is 17.3. The number of carboxylic acid groups (broad SMARTS) is 1. The van der Waals surface area contributed by atoms with Crippen molar-refractivity contribution in [3.8, 4) is 0 Å². The first-order valence-corrected chi connectivity index (χ1v) is 8.08. The van der Waals surface area contributed by atoms with E-state index in [4.69, 9.17) is 5.11 Å². The molecule has 4 heteroatoms. The van der Waals surface area contributed by atoms with Crippen LogP contribution in [0.3, 0.4) is 0 Å². The molecule has 1 saturated carbocycles. The van der Waals surface area contributed by atoms with Gasteiger partial charge in [0.15, 0.2) is 0 Å². The minimum atomic E-state index is -0.888. The summed E-state index contributed by atoms with van der Waals surface area (Å²) in [7, 11) is 0. The molecule has 0 atom stereocenters. The zero-order valence-electron chi connectivity index (χ0n) is 11.9. The molecule has 1 fully saturated rings. The van der Waals surface area contributed by atoms with E-state index >= 15 is 0 Å². The van der Waals surface area contributed by atoms with Gasteiger partial charge >= 0.3 is 5.97 Å².